The van der Waals surface area contributed by atoms with Gasteiger partial charge in [0, 0.05) is 5.56 Å². The zero-order chi connectivity index (χ0) is 7.72. The summed E-state index contributed by atoms with van der Waals surface area (Å²) >= 11 is 5.45. The van der Waals surface area contributed by atoms with Gasteiger partial charge in [0.25, 0.3) is 0 Å². The van der Waals surface area contributed by atoms with Crippen LogP contribution in [0.25, 0.3) is 0 Å². The number of hydrogen-bond donors (Lipinski definition) is 1. The molecule has 1 aromatic carbocycles. The Hall–Kier alpha value is -0.760. The summed E-state index contributed by atoms with van der Waals surface area (Å²) in [6.45, 7) is 1.56. The minimum atomic E-state index is -0.503. The molecule has 0 aliphatic rings. The second-order valence-corrected chi connectivity index (χ2v) is 2.38. The highest BCUT2D eigenvalue weighted by Crippen LogP contribution is 2.26. The number of phenolic OH excluding ortho intramolecular Hbond substituents is 1. The summed E-state index contributed by atoms with van der Waals surface area (Å²) in [5, 5.41) is 8.96. The molecular formula is C7H6ClFO. The van der Waals surface area contributed by atoms with E-state index in [0.29, 0.717) is 5.56 Å². The Morgan fingerprint density at radius 2 is 2.10 bits per heavy atom. The van der Waals surface area contributed by atoms with E-state index in [0.717, 1.165) is 6.07 Å². The van der Waals surface area contributed by atoms with Crippen molar-refractivity contribution in [1.82, 2.24) is 0 Å². The first kappa shape index (κ1) is 7.35. The van der Waals surface area contributed by atoms with Gasteiger partial charge in [-0.05, 0) is 19.1 Å². The molecule has 10 heavy (non-hydrogen) atoms. The minimum absolute atomic E-state index is 0.0139. The Labute approximate surface area is 63.1 Å². The zero-order valence-corrected chi connectivity index (χ0v) is 6.11. The van der Waals surface area contributed by atoms with Gasteiger partial charge in [0.05, 0.1) is 5.02 Å². The van der Waals surface area contributed by atoms with Crippen molar-refractivity contribution in [2.45, 2.75) is 6.92 Å². The maximum atomic E-state index is 12.5. The van der Waals surface area contributed by atoms with Crippen LogP contribution in [0, 0.1) is 12.7 Å². The molecule has 0 fully saturated rings. The van der Waals surface area contributed by atoms with Crippen molar-refractivity contribution in [3.05, 3.63) is 28.5 Å². The second-order valence-electron chi connectivity index (χ2n) is 2.01. The fourth-order valence-electron chi connectivity index (χ4n) is 0.642. The molecule has 0 amide bonds. The van der Waals surface area contributed by atoms with Gasteiger partial charge in [-0.1, -0.05) is 11.6 Å². The third kappa shape index (κ3) is 1.07. The largest absolute Gasteiger partial charge is 0.508 e. The summed E-state index contributed by atoms with van der Waals surface area (Å²) in [7, 11) is 0. The molecule has 0 heterocycles. The molecule has 1 nitrogen and oxygen atoms in total. The number of phenols is 1. The smallest absolute Gasteiger partial charge is 0.142 e. The molecule has 0 aliphatic carbocycles. The maximum absolute atomic E-state index is 12.5. The van der Waals surface area contributed by atoms with Crippen LogP contribution >= 0.6 is 11.6 Å². The van der Waals surface area contributed by atoms with Crippen LogP contribution in [0.3, 0.4) is 0 Å². The SMILES string of the molecule is Cc1c(O)ccc(F)c1Cl. The molecule has 0 bridgehead atoms. The summed E-state index contributed by atoms with van der Waals surface area (Å²) in [5.41, 5.74) is 0.377. The van der Waals surface area contributed by atoms with Crippen molar-refractivity contribution in [2.24, 2.45) is 0 Å². The molecule has 0 saturated heterocycles. The van der Waals surface area contributed by atoms with Crippen LogP contribution in [0.15, 0.2) is 12.1 Å². The number of aromatic hydroxyl groups is 1. The lowest BCUT2D eigenvalue weighted by atomic mass is 10.2. The van der Waals surface area contributed by atoms with Crippen LogP contribution in [-0.4, -0.2) is 5.11 Å². The van der Waals surface area contributed by atoms with E-state index in [1.165, 1.54) is 6.07 Å². The average Bonchev–Trinajstić information content (AvgIpc) is 1.93. The first-order chi connectivity index (χ1) is 4.63. The predicted molar refractivity (Wildman–Crippen MR) is 37.8 cm³/mol. The van der Waals surface area contributed by atoms with Gasteiger partial charge in [-0.2, -0.15) is 0 Å². The van der Waals surface area contributed by atoms with Crippen LogP contribution in [-0.2, 0) is 0 Å². The van der Waals surface area contributed by atoms with Gasteiger partial charge in [0.15, 0.2) is 0 Å². The third-order valence-electron chi connectivity index (χ3n) is 1.31. The van der Waals surface area contributed by atoms with E-state index >= 15 is 0 Å². The van der Waals surface area contributed by atoms with E-state index in [4.69, 9.17) is 16.7 Å². The lowest BCUT2D eigenvalue weighted by Crippen LogP contribution is -1.81. The molecular weight excluding hydrogens is 155 g/mol. The van der Waals surface area contributed by atoms with E-state index in [1.54, 1.807) is 6.92 Å². The van der Waals surface area contributed by atoms with Gasteiger partial charge in [-0.25, -0.2) is 4.39 Å². The van der Waals surface area contributed by atoms with Crippen LogP contribution < -0.4 is 0 Å². The Kier molecular flexibility index (Phi) is 1.81. The number of benzene rings is 1. The van der Waals surface area contributed by atoms with E-state index in [9.17, 15) is 4.39 Å². The first-order valence-corrected chi connectivity index (χ1v) is 3.14. The fraction of sp³-hybridized carbons (Fsp3) is 0.143. The quantitative estimate of drug-likeness (QED) is 0.618. The molecule has 1 N–H and O–H groups in total. The Morgan fingerprint density at radius 1 is 1.50 bits per heavy atom. The van der Waals surface area contributed by atoms with Crippen LogP contribution in [0.1, 0.15) is 5.56 Å². The van der Waals surface area contributed by atoms with Crippen LogP contribution in [0.5, 0.6) is 5.75 Å². The normalized spacial score (nSPS) is 9.90. The standard InChI is InChI=1S/C7H6ClFO/c1-4-6(10)3-2-5(9)7(4)8/h2-3,10H,1H3. The highest BCUT2D eigenvalue weighted by atomic mass is 35.5. The number of rotatable bonds is 0. The Bertz CT molecular complexity index is 233. The zero-order valence-electron chi connectivity index (χ0n) is 5.36. The number of hydrogen-bond acceptors (Lipinski definition) is 1. The topological polar surface area (TPSA) is 20.2 Å². The lowest BCUT2D eigenvalue weighted by Gasteiger charge is -2.00. The molecule has 0 saturated carbocycles. The first-order valence-electron chi connectivity index (χ1n) is 2.76. The second kappa shape index (κ2) is 2.46. The van der Waals surface area contributed by atoms with Crippen molar-refractivity contribution >= 4 is 11.6 Å². The van der Waals surface area contributed by atoms with Crippen molar-refractivity contribution in [2.75, 3.05) is 0 Å². The van der Waals surface area contributed by atoms with Crippen molar-refractivity contribution in [3.63, 3.8) is 0 Å². The molecule has 0 aliphatic heterocycles. The monoisotopic (exact) mass is 160 g/mol. The molecule has 0 unspecified atom stereocenters. The van der Waals surface area contributed by atoms with Crippen LogP contribution in [0.4, 0.5) is 4.39 Å². The van der Waals surface area contributed by atoms with Crippen molar-refractivity contribution in [3.8, 4) is 5.75 Å². The van der Waals surface area contributed by atoms with E-state index in [-0.39, 0.29) is 10.8 Å². The fourth-order valence-corrected chi connectivity index (χ4v) is 0.802. The molecule has 1 aromatic rings. The number of halogens is 2. The van der Waals surface area contributed by atoms with Gasteiger partial charge in [-0.15, -0.1) is 0 Å². The van der Waals surface area contributed by atoms with Crippen molar-refractivity contribution in [1.29, 1.82) is 0 Å². The van der Waals surface area contributed by atoms with Gasteiger partial charge >= 0.3 is 0 Å². The van der Waals surface area contributed by atoms with E-state index in [2.05, 4.69) is 0 Å². The Morgan fingerprint density at radius 3 is 2.60 bits per heavy atom. The summed E-state index contributed by atoms with van der Waals surface area (Å²) in [4.78, 5) is 0. The molecule has 0 atom stereocenters. The van der Waals surface area contributed by atoms with Crippen molar-refractivity contribution < 1.29 is 9.50 Å². The molecule has 1 rings (SSSR count). The average molecular weight is 161 g/mol. The van der Waals surface area contributed by atoms with Gasteiger partial charge in [0.1, 0.15) is 11.6 Å². The van der Waals surface area contributed by atoms with Gasteiger partial charge in [-0.3, -0.25) is 0 Å². The lowest BCUT2D eigenvalue weighted by molar-refractivity contribution is 0.468. The molecule has 0 spiro atoms. The molecule has 0 aromatic heterocycles. The summed E-state index contributed by atoms with van der Waals surface area (Å²) in [5.74, 6) is -0.483. The summed E-state index contributed by atoms with van der Waals surface area (Å²) in [6, 6.07) is 2.40. The highest BCUT2D eigenvalue weighted by Gasteiger charge is 2.05. The van der Waals surface area contributed by atoms with Crippen LogP contribution in [0.2, 0.25) is 5.02 Å². The summed E-state index contributed by atoms with van der Waals surface area (Å²) < 4.78 is 12.5. The summed E-state index contributed by atoms with van der Waals surface area (Å²) in [6.07, 6.45) is 0. The molecule has 0 radical (unpaired) electrons. The maximum Gasteiger partial charge on any atom is 0.142 e. The predicted octanol–water partition coefficient (Wildman–Crippen LogP) is 2.49. The van der Waals surface area contributed by atoms with Gasteiger partial charge < -0.3 is 5.11 Å². The molecule has 54 valence electrons. The highest BCUT2D eigenvalue weighted by molar-refractivity contribution is 6.31. The minimum Gasteiger partial charge on any atom is -0.508 e. The Balaban J connectivity index is 3.34. The van der Waals surface area contributed by atoms with Gasteiger partial charge in [0.2, 0.25) is 0 Å². The third-order valence-corrected chi connectivity index (χ3v) is 1.77. The van der Waals surface area contributed by atoms with E-state index < -0.39 is 5.82 Å². The molecule has 3 heteroatoms. The van der Waals surface area contributed by atoms with E-state index in [1.807, 2.05) is 0 Å².